The van der Waals surface area contributed by atoms with Gasteiger partial charge in [0.05, 0.1) is 0 Å². The van der Waals surface area contributed by atoms with Gasteiger partial charge in [0.15, 0.2) is 0 Å². The molecule has 0 unspecified atom stereocenters. The summed E-state index contributed by atoms with van der Waals surface area (Å²) in [7, 11) is 0. The Hall–Kier alpha value is -2.57. The molecule has 0 aliphatic rings. The molecule has 19 heavy (non-hydrogen) atoms. The van der Waals surface area contributed by atoms with Gasteiger partial charge < -0.3 is 15.4 Å². The predicted octanol–water partition coefficient (Wildman–Crippen LogP) is -0.0139. The molecule has 0 fully saturated rings. The van der Waals surface area contributed by atoms with E-state index in [-0.39, 0.29) is 13.2 Å². The summed E-state index contributed by atoms with van der Waals surface area (Å²) in [6.45, 7) is -0.867. The smallest absolute Gasteiger partial charge is 0.407 e. The maximum atomic E-state index is 11.2. The second-order valence-electron chi connectivity index (χ2n) is 3.56. The molecule has 0 aliphatic carbocycles. The van der Waals surface area contributed by atoms with E-state index in [4.69, 9.17) is 4.74 Å². The lowest BCUT2D eigenvalue weighted by molar-refractivity contribution is -0.143. The van der Waals surface area contributed by atoms with Crippen molar-refractivity contribution in [2.75, 3.05) is 13.1 Å². The Labute approximate surface area is 109 Å². The summed E-state index contributed by atoms with van der Waals surface area (Å²) in [5.41, 5.74) is 0.819. The second-order valence-corrected chi connectivity index (χ2v) is 3.56. The van der Waals surface area contributed by atoms with Gasteiger partial charge in [0, 0.05) is 0 Å². The first kappa shape index (κ1) is 14.5. The Morgan fingerprint density at radius 1 is 1.00 bits per heavy atom. The van der Waals surface area contributed by atoms with Crippen molar-refractivity contribution in [1.29, 1.82) is 0 Å². The number of hydrogen-bond donors (Lipinski definition) is 2. The fraction of sp³-hybridized carbons (Fsp3) is 0.250. The molecule has 1 radical (unpaired) electrons. The number of nitrogens with one attached hydrogen (secondary N) is 2. The van der Waals surface area contributed by atoms with Gasteiger partial charge in [-0.3, -0.25) is 4.79 Å². The Morgan fingerprint density at radius 3 is 2.32 bits per heavy atom. The van der Waals surface area contributed by atoms with Crippen LogP contribution in [-0.2, 0) is 26.0 Å². The maximum absolute atomic E-state index is 11.2. The van der Waals surface area contributed by atoms with E-state index in [9.17, 15) is 19.5 Å². The van der Waals surface area contributed by atoms with Crippen LogP contribution in [0.15, 0.2) is 30.3 Å². The molecule has 0 saturated heterocycles. The summed E-state index contributed by atoms with van der Waals surface area (Å²) in [6, 6.07) is 9.04. The Balaban J connectivity index is 2.17. The topological polar surface area (TPSA) is 104 Å². The first-order valence-corrected chi connectivity index (χ1v) is 5.49. The van der Waals surface area contributed by atoms with Crippen LogP contribution in [0.3, 0.4) is 0 Å². The van der Waals surface area contributed by atoms with Crippen molar-refractivity contribution in [3.8, 4) is 0 Å². The standard InChI is InChI=1S/C12H13N2O5/c15-10(13-7-11(16)17)6-14-12(18)19-8-9-4-2-1-3-5-9/h1-5H,6-8H2,(H,13,15)(H,14,18). The minimum absolute atomic E-state index is 0.0906. The Bertz CT molecular complexity index is 447. The molecule has 1 rings (SSSR count). The van der Waals surface area contributed by atoms with Crippen molar-refractivity contribution in [1.82, 2.24) is 10.6 Å². The molecule has 2 amide bonds. The minimum Gasteiger partial charge on any atom is -0.445 e. The van der Waals surface area contributed by atoms with Crippen LogP contribution in [0.4, 0.5) is 4.79 Å². The van der Waals surface area contributed by atoms with E-state index in [1.165, 1.54) is 0 Å². The van der Waals surface area contributed by atoms with Crippen LogP contribution >= 0.6 is 0 Å². The van der Waals surface area contributed by atoms with Gasteiger partial charge in [0.25, 0.3) is 0 Å². The zero-order valence-electron chi connectivity index (χ0n) is 10.0. The van der Waals surface area contributed by atoms with E-state index in [1.807, 2.05) is 23.5 Å². The number of ether oxygens (including phenoxy) is 1. The van der Waals surface area contributed by atoms with Crippen LogP contribution in [0.5, 0.6) is 0 Å². The van der Waals surface area contributed by atoms with Gasteiger partial charge >= 0.3 is 12.1 Å². The third-order valence-corrected chi connectivity index (χ3v) is 2.04. The summed E-state index contributed by atoms with van der Waals surface area (Å²) in [6.07, 6.45) is -0.757. The number of carbonyl (C=O) groups excluding carboxylic acids is 3. The Morgan fingerprint density at radius 2 is 1.68 bits per heavy atom. The van der Waals surface area contributed by atoms with Gasteiger partial charge in [-0.15, -0.1) is 0 Å². The minimum atomic E-state index is -1.40. The number of rotatable bonds is 6. The van der Waals surface area contributed by atoms with E-state index in [1.54, 1.807) is 12.1 Å². The average Bonchev–Trinajstić information content (AvgIpc) is 2.41. The SMILES string of the molecule is [O]C(=O)CNC(=O)CNC(=O)OCc1ccccc1. The van der Waals surface area contributed by atoms with Crippen LogP contribution in [0.2, 0.25) is 0 Å². The highest BCUT2D eigenvalue weighted by Gasteiger charge is 2.08. The van der Waals surface area contributed by atoms with E-state index in [0.29, 0.717) is 0 Å². The van der Waals surface area contributed by atoms with Crippen LogP contribution in [0.1, 0.15) is 5.56 Å². The molecule has 7 heteroatoms. The lowest BCUT2D eigenvalue weighted by Crippen LogP contribution is -2.39. The molecule has 2 N–H and O–H groups in total. The van der Waals surface area contributed by atoms with Gasteiger partial charge in [-0.05, 0) is 5.56 Å². The highest BCUT2D eigenvalue weighted by molar-refractivity contribution is 5.84. The summed E-state index contributed by atoms with van der Waals surface area (Å²) >= 11 is 0. The number of alkyl carbamates (subject to hydrolysis) is 1. The third-order valence-electron chi connectivity index (χ3n) is 2.04. The molecule has 0 atom stereocenters. The molecule has 101 valence electrons. The lowest BCUT2D eigenvalue weighted by Gasteiger charge is -2.06. The number of benzene rings is 1. The fourth-order valence-corrected chi connectivity index (χ4v) is 1.16. The lowest BCUT2D eigenvalue weighted by atomic mass is 10.2. The van der Waals surface area contributed by atoms with E-state index in [0.717, 1.165) is 5.56 Å². The largest absolute Gasteiger partial charge is 0.445 e. The first-order valence-electron chi connectivity index (χ1n) is 5.49. The van der Waals surface area contributed by atoms with Gasteiger partial charge in [0.2, 0.25) is 5.91 Å². The molecule has 0 bridgehead atoms. The highest BCUT2D eigenvalue weighted by atomic mass is 16.5. The molecule has 0 aliphatic heterocycles. The van der Waals surface area contributed by atoms with Crippen molar-refractivity contribution < 1.29 is 24.2 Å². The molecule has 7 nitrogen and oxygen atoms in total. The van der Waals surface area contributed by atoms with Crippen LogP contribution in [-0.4, -0.2) is 31.1 Å². The summed E-state index contributed by atoms with van der Waals surface area (Å²) in [5.74, 6) is -2.04. The van der Waals surface area contributed by atoms with Gasteiger partial charge in [-0.2, -0.15) is 0 Å². The van der Waals surface area contributed by atoms with Gasteiger partial charge in [-0.25, -0.2) is 14.7 Å². The number of amides is 2. The van der Waals surface area contributed by atoms with Gasteiger partial charge in [-0.1, -0.05) is 30.3 Å². The van der Waals surface area contributed by atoms with Crippen molar-refractivity contribution in [2.24, 2.45) is 0 Å². The molecule has 0 saturated carbocycles. The number of carbonyl (C=O) groups is 3. The second kappa shape index (κ2) is 7.70. The molecular weight excluding hydrogens is 252 g/mol. The molecule has 0 aromatic heterocycles. The zero-order chi connectivity index (χ0) is 14.1. The molecular formula is C12H13N2O5. The van der Waals surface area contributed by atoms with Gasteiger partial charge in [0.1, 0.15) is 19.7 Å². The molecule has 0 spiro atoms. The molecule has 0 heterocycles. The monoisotopic (exact) mass is 265 g/mol. The normalized spacial score (nSPS) is 9.47. The van der Waals surface area contributed by atoms with Crippen LogP contribution in [0, 0.1) is 0 Å². The molecule has 1 aromatic carbocycles. The third kappa shape index (κ3) is 6.67. The maximum Gasteiger partial charge on any atom is 0.407 e. The quantitative estimate of drug-likeness (QED) is 0.754. The van der Waals surface area contributed by atoms with Crippen molar-refractivity contribution in [2.45, 2.75) is 6.61 Å². The summed E-state index contributed by atoms with van der Waals surface area (Å²) in [5, 5.41) is 14.3. The van der Waals surface area contributed by atoms with Crippen molar-refractivity contribution in [3.05, 3.63) is 35.9 Å². The fourth-order valence-electron chi connectivity index (χ4n) is 1.16. The molecule has 1 aromatic rings. The zero-order valence-corrected chi connectivity index (χ0v) is 10.0. The highest BCUT2D eigenvalue weighted by Crippen LogP contribution is 2.00. The number of hydrogen-bond acceptors (Lipinski definition) is 4. The van der Waals surface area contributed by atoms with Crippen LogP contribution in [0.25, 0.3) is 0 Å². The van der Waals surface area contributed by atoms with Crippen molar-refractivity contribution >= 4 is 18.0 Å². The summed E-state index contributed by atoms with van der Waals surface area (Å²) < 4.78 is 4.85. The van der Waals surface area contributed by atoms with E-state index < -0.39 is 24.5 Å². The van der Waals surface area contributed by atoms with E-state index in [2.05, 4.69) is 5.32 Å². The van der Waals surface area contributed by atoms with Crippen LogP contribution < -0.4 is 10.6 Å². The first-order chi connectivity index (χ1) is 9.08. The average molecular weight is 265 g/mol. The van der Waals surface area contributed by atoms with Crippen molar-refractivity contribution in [3.63, 3.8) is 0 Å². The summed E-state index contributed by atoms with van der Waals surface area (Å²) in [4.78, 5) is 32.3. The van der Waals surface area contributed by atoms with E-state index >= 15 is 0 Å². The Kier molecular flexibility index (Phi) is 5.87. The predicted molar refractivity (Wildman–Crippen MR) is 63.3 cm³/mol.